The number of carbonyl (C=O) groups is 1. The summed E-state index contributed by atoms with van der Waals surface area (Å²) in [7, 11) is 0. The van der Waals surface area contributed by atoms with E-state index in [0.717, 1.165) is 17.0 Å². The first-order chi connectivity index (χ1) is 8.10. The molecule has 0 bridgehead atoms. The largest absolute Gasteiger partial charge is 0.297 e. The molecule has 0 fully saturated rings. The Hall–Kier alpha value is -1.20. The lowest BCUT2D eigenvalue weighted by Crippen LogP contribution is -2.09. The molecule has 1 N–H and O–H groups in total. The Morgan fingerprint density at radius 2 is 2.24 bits per heavy atom. The van der Waals surface area contributed by atoms with E-state index in [2.05, 4.69) is 17.2 Å². The molecule has 2 aromatic rings. The number of aryl methyl sites for hydroxylation is 3. The average Bonchev–Trinajstić information content (AvgIpc) is 2.85. The molecule has 2 rings (SSSR count). The zero-order valence-electron chi connectivity index (χ0n) is 10.0. The van der Waals surface area contributed by atoms with Crippen LogP contribution in [0.25, 0.3) is 0 Å². The summed E-state index contributed by atoms with van der Waals surface area (Å²) in [6.07, 6.45) is 0.964. The lowest BCUT2D eigenvalue weighted by atomic mass is 10.2. The number of thiazole rings is 1. The maximum Gasteiger partial charge on any atom is 0.267 e. The predicted octanol–water partition coefficient (Wildman–Crippen LogP) is 3.64. The van der Waals surface area contributed by atoms with E-state index in [1.165, 1.54) is 33.1 Å². The third-order valence-electron chi connectivity index (χ3n) is 2.46. The van der Waals surface area contributed by atoms with Crippen LogP contribution in [0.3, 0.4) is 0 Å². The predicted molar refractivity (Wildman–Crippen MR) is 73.2 cm³/mol. The molecule has 17 heavy (non-hydrogen) atoms. The van der Waals surface area contributed by atoms with Gasteiger partial charge in [-0.25, -0.2) is 4.98 Å². The molecule has 5 heteroatoms. The Kier molecular flexibility index (Phi) is 3.59. The molecular weight excluding hydrogens is 252 g/mol. The van der Waals surface area contributed by atoms with Crippen molar-refractivity contribution in [3.8, 4) is 0 Å². The third kappa shape index (κ3) is 2.73. The van der Waals surface area contributed by atoms with Crippen LogP contribution in [-0.2, 0) is 6.42 Å². The number of amides is 1. The molecule has 0 aliphatic carbocycles. The fourth-order valence-electron chi connectivity index (χ4n) is 1.55. The Morgan fingerprint density at radius 1 is 1.47 bits per heavy atom. The molecular formula is C12H14N2OS2. The van der Waals surface area contributed by atoms with Crippen LogP contribution in [-0.4, -0.2) is 10.9 Å². The fraction of sp³-hybridized carbons (Fsp3) is 0.333. The number of aromatic nitrogens is 1. The van der Waals surface area contributed by atoms with Crippen molar-refractivity contribution in [2.24, 2.45) is 0 Å². The van der Waals surface area contributed by atoms with E-state index in [4.69, 9.17) is 0 Å². The van der Waals surface area contributed by atoms with E-state index in [-0.39, 0.29) is 5.91 Å². The Morgan fingerprint density at radius 3 is 2.76 bits per heavy atom. The van der Waals surface area contributed by atoms with Crippen molar-refractivity contribution in [1.29, 1.82) is 0 Å². The third-order valence-corrected chi connectivity index (χ3v) is 4.43. The quantitative estimate of drug-likeness (QED) is 0.921. The standard InChI is InChI=1S/C12H14N2OS2/c1-4-9-5-10(17-8(9)3)11(15)14-12-13-7(2)6-16-12/h5-6H,4H2,1-3H3,(H,13,14,15). The minimum absolute atomic E-state index is 0.0628. The van der Waals surface area contributed by atoms with Crippen LogP contribution in [0, 0.1) is 13.8 Å². The molecule has 2 aromatic heterocycles. The molecule has 0 saturated heterocycles. The van der Waals surface area contributed by atoms with Crippen molar-refractivity contribution >= 4 is 33.7 Å². The number of carbonyl (C=O) groups excluding carboxylic acids is 1. The smallest absolute Gasteiger partial charge is 0.267 e. The van der Waals surface area contributed by atoms with Crippen molar-refractivity contribution in [3.63, 3.8) is 0 Å². The van der Waals surface area contributed by atoms with Gasteiger partial charge in [0, 0.05) is 10.3 Å². The number of hydrogen-bond donors (Lipinski definition) is 1. The lowest BCUT2D eigenvalue weighted by Gasteiger charge is -1.97. The number of rotatable bonds is 3. The van der Waals surface area contributed by atoms with Gasteiger partial charge in [-0.1, -0.05) is 6.92 Å². The first-order valence-electron chi connectivity index (χ1n) is 5.43. The van der Waals surface area contributed by atoms with Gasteiger partial charge in [0.1, 0.15) is 0 Å². The number of hydrogen-bond acceptors (Lipinski definition) is 4. The fourth-order valence-corrected chi connectivity index (χ4v) is 3.25. The van der Waals surface area contributed by atoms with Gasteiger partial charge < -0.3 is 0 Å². The highest BCUT2D eigenvalue weighted by Gasteiger charge is 2.12. The average molecular weight is 266 g/mol. The molecule has 0 aliphatic rings. The van der Waals surface area contributed by atoms with Gasteiger partial charge in [-0.05, 0) is 31.9 Å². The maximum atomic E-state index is 12.0. The lowest BCUT2D eigenvalue weighted by molar-refractivity contribution is 0.103. The summed E-state index contributed by atoms with van der Waals surface area (Å²) in [5.74, 6) is -0.0628. The molecule has 90 valence electrons. The summed E-state index contributed by atoms with van der Waals surface area (Å²) >= 11 is 2.99. The van der Waals surface area contributed by atoms with E-state index >= 15 is 0 Å². The van der Waals surface area contributed by atoms with Crippen LogP contribution in [0.4, 0.5) is 5.13 Å². The maximum absolute atomic E-state index is 12.0. The highest BCUT2D eigenvalue weighted by molar-refractivity contribution is 7.15. The minimum Gasteiger partial charge on any atom is -0.297 e. The molecule has 0 spiro atoms. The second kappa shape index (κ2) is 4.98. The summed E-state index contributed by atoms with van der Waals surface area (Å²) in [4.78, 5) is 18.2. The van der Waals surface area contributed by atoms with Crippen LogP contribution < -0.4 is 5.32 Å². The van der Waals surface area contributed by atoms with Gasteiger partial charge >= 0.3 is 0 Å². The molecule has 0 atom stereocenters. The molecule has 0 aliphatic heterocycles. The minimum atomic E-state index is -0.0628. The number of nitrogens with one attached hydrogen (secondary N) is 1. The second-order valence-corrected chi connectivity index (χ2v) is 5.91. The topological polar surface area (TPSA) is 42.0 Å². The van der Waals surface area contributed by atoms with E-state index < -0.39 is 0 Å². The molecule has 3 nitrogen and oxygen atoms in total. The molecule has 0 radical (unpaired) electrons. The van der Waals surface area contributed by atoms with Crippen LogP contribution in [0.2, 0.25) is 0 Å². The Bertz CT molecular complexity index is 542. The summed E-state index contributed by atoms with van der Waals surface area (Å²) in [6, 6.07) is 1.97. The van der Waals surface area contributed by atoms with E-state index in [1.54, 1.807) is 0 Å². The van der Waals surface area contributed by atoms with Crippen molar-refractivity contribution in [2.75, 3.05) is 5.32 Å². The zero-order chi connectivity index (χ0) is 12.4. The normalized spacial score (nSPS) is 10.5. The van der Waals surface area contributed by atoms with Gasteiger partial charge in [-0.15, -0.1) is 22.7 Å². The SMILES string of the molecule is CCc1cc(C(=O)Nc2nc(C)cs2)sc1C. The summed E-state index contributed by atoms with van der Waals surface area (Å²) in [6.45, 7) is 6.06. The number of thiophene rings is 1. The molecule has 0 saturated carbocycles. The van der Waals surface area contributed by atoms with Crippen LogP contribution in [0.15, 0.2) is 11.4 Å². The van der Waals surface area contributed by atoms with Gasteiger partial charge in [-0.2, -0.15) is 0 Å². The van der Waals surface area contributed by atoms with E-state index in [0.29, 0.717) is 5.13 Å². The summed E-state index contributed by atoms with van der Waals surface area (Å²) in [5.41, 5.74) is 2.18. The first kappa shape index (κ1) is 12.3. The molecule has 0 unspecified atom stereocenters. The van der Waals surface area contributed by atoms with Crippen molar-refractivity contribution < 1.29 is 4.79 Å². The van der Waals surface area contributed by atoms with Gasteiger partial charge in [0.2, 0.25) is 0 Å². The van der Waals surface area contributed by atoms with Crippen LogP contribution in [0.1, 0.15) is 32.7 Å². The monoisotopic (exact) mass is 266 g/mol. The van der Waals surface area contributed by atoms with E-state index in [9.17, 15) is 4.79 Å². The Balaban J connectivity index is 2.14. The van der Waals surface area contributed by atoms with Gasteiger partial charge in [0.05, 0.1) is 10.6 Å². The van der Waals surface area contributed by atoms with Crippen LogP contribution >= 0.6 is 22.7 Å². The second-order valence-electron chi connectivity index (χ2n) is 3.79. The van der Waals surface area contributed by atoms with E-state index in [1.807, 2.05) is 25.3 Å². The summed E-state index contributed by atoms with van der Waals surface area (Å²) in [5, 5.41) is 5.41. The van der Waals surface area contributed by atoms with Gasteiger partial charge in [0.25, 0.3) is 5.91 Å². The number of anilines is 1. The van der Waals surface area contributed by atoms with Crippen molar-refractivity contribution in [1.82, 2.24) is 4.98 Å². The van der Waals surface area contributed by atoms with Crippen molar-refractivity contribution in [3.05, 3.63) is 32.5 Å². The van der Waals surface area contributed by atoms with Gasteiger partial charge in [-0.3, -0.25) is 10.1 Å². The van der Waals surface area contributed by atoms with Crippen molar-refractivity contribution in [2.45, 2.75) is 27.2 Å². The molecule has 1 amide bonds. The highest BCUT2D eigenvalue weighted by Crippen LogP contribution is 2.23. The molecule has 0 aromatic carbocycles. The van der Waals surface area contributed by atoms with Gasteiger partial charge in [0.15, 0.2) is 5.13 Å². The highest BCUT2D eigenvalue weighted by atomic mass is 32.1. The van der Waals surface area contributed by atoms with Crippen LogP contribution in [0.5, 0.6) is 0 Å². The Labute approximate surface area is 109 Å². The first-order valence-corrected chi connectivity index (χ1v) is 7.12. The summed E-state index contributed by atoms with van der Waals surface area (Å²) < 4.78 is 0. The number of nitrogens with zero attached hydrogens (tertiary/aromatic N) is 1. The zero-order valence-corrected chi connectivity index (χ0v) is 11.7. The molecule has 2 heterocycles.